The van der Waals surface area contributed by atoms with Crippen LogP contribution < -0.4 is 5.32 Å². The minimum atomic E-state index is 0.115. The molecule has 0 bridgehead atoms. The van der Waals surface area contributed by atoms with Gasteiger partial charge in [-0.15, -0.1) is 5.10 Å². The number of carbonyl (C=O) groups is 2. The molecular formula is C19H24N6O2. The lowest BCUT2D eigenvalue weighted by Crippen LogP contribution is -2.38. The van der Waals surface area contributed by atoms with Crippen LogP contribution in [0.2, 0.25) is 0 Å². The summed E-state index contributed by atoms with van der Waals surface area (Å²) in [6, 6.07) is 7.96. The van der Waals surface area contributed by atoms with E-state index in [9.17, 15) is 9.59 Å². The summed E-state index contributed by atoms with van der Waals surface area (Å²) in [6.07, 6.45) is 2.87. The standard InChI is InChI=1S/C19H24N6O2/c1-12-21-22-23-25(12)16-5-3-13(4-6-16)7-19(27)24(2)17-8-14-10-18(26)20-11-15(14)9-17/h3-6,14-15,17H,7-11H2,1-2H3,(H,20,26)/t14-,15+,17-/m0/s1. The monoisotopic (exact) mass is 368 g/mol. The number of piperidine rings is 1. The SMILES string of the molecule is Cc1nnnn1-c1ccc(CC(=O)N(C)[C@H]2C[C@H]3CC(=O)NC[C@H]3C2)cc1. The third kappa shape index (κ3) is 3.56. The number of hydrogen-bond acceptors (Lipinski definition) is 5. The summed E-state index contributed by atoms with van der Waals surface area (Å²) in [5.74, 6) is 1.89. The van der Waals surface area contributed by atoms with E-state index in [4.69, 9.17) is 0 Å². The van der Waals surface area contributed by atoms with E-state index >= 15 is 0 Å². The fourth-order valence-corrected chi connectivity index (χ4v) is 4.28. The Morgan fingerprint density at radius 3 is 2.70 bits per heavy atom. The first-order valence-corrected chi connectivity index (χ1v) is 9.38. The highest BCUT2D eigenvalue weighted by molar-refractivity contribution is 5.79. The molecule has 3 atom stereocenters. The van der Waals surface area contributed by atoms with Crippen LogP contribution in [0.1, 0.15) is 30.7 Å². The molecule has 1 saturated heterocycles. The maximum Gasteiger partial charge on any atom is 0.226 e. The summed E-state index contributed by atoms with van der Waals surface area (Å²) < 4.78 is 1.66. The lowest BCUT2D eigenvalue weighted by Gasteiger charge is -2.25. The van der Waals surface area contributed by atoms with Crippen molar-refractivity contribution in [2.45, 2.75) is 38.6 Å². The van der Waals surface area contributed by atoms with Crippen molar-refractivity contribution in [1.29, 1.82) is 0 Å². The van der Waals surface area contributed by atoms with E-state index in [0.717, 1.165) is 30.6 Å². The number of tetrazole rings is 1. The van der Waals surface area contributed by atoms with E-state index in [1.54, 1.807) is 4.68 Å². The minimum absolute atomic E-state index is 0.115. The Morgan fingerprint density at radius 2 is 2.00 bits per heavy atom. The maximum atomic E-state index is 12.7. The van der Waals surface area contributed by atoms with Gasteiger partial charge in [-0.25, -0.2) is 0 Å². The van der Waals surface area contributed by atoms with Crippen LogP contribution in [-0.2, 0) is 16.0 Å². The van der Waals surface area contributed by atoms with E-state index in [1.807, 2.05) is 43.1 Å². The van der Waals surface area contributed by atoms with E-state index in [-0.39, 0.29) is 17.9 Å². The van der Waals surface area contributed by atoms with Crippen molar-refractivity contribution < 1.29 is 9.59 Å². The molecule has 0 radical (unpaired) electrons. The van der Waals surface area contributed by atoms with E-state index < -0.39 is 0 Å². The number of hydrogen-bond donors (Lipinski definition) is 1. The second kappa shape index (κ2) is 7.09. The van der Waals surface area contributed by atoms with Crippen molar-refractivity contribution in [3.8, 4) is 5.69 Å². The molecule has 2 heterocycles. The van der Waals surface area contributed by atoms with Gasteiger partial charge >= 0.3 is 0 Å². The number of rotatable bonds is 4. The Kier molecular flexibility index (Phi) is 4.63. The highest BCUT2D eigenvalue weighted by Crippen LogP contribution is 2.38. The predicted octanol–water partition coefficient (Wildman–Crippen LogP) is 0.886. The van der Waals surface area contributed by atoms with Gasteiger partial charge in [0.25, 0.3) is 0 Å². The topological polar surface area (TPSA) is 93.0 Å². The van der Waals surface area contributed by atoms with Crippen LogP contribution >= 0.6 is 0 Å². The van der Waals surface area contributed by atoms with Gasteiger partial charge in [0.15, 0.2) is 5.82 Å². The second-order valence-corrected chi connectivity index (χ2v) is 7.64. The Hall–Kier alpha value is -2.77. The average Bonchev–Trinajstić information content (AvgIpc) is 3.27. The number of likely N-dealkylation sites (N-methyl/N-ethyl adjacent to an activating group) is 1. The summed E-state index contributed by atoms with van der Waals surface area (Å²) in [5.41, 5.74) is 1.84. The molecule has 2 fully saturated rings. The van der Waals surface area contributed by atoms with Crippen LogP contribution in [0.25, 0.3) is 5.69 Å². The zero-order valence-corrected chi connectivity index (χ0v) is 15.6. The normalized spacial score (nSPS) is 24.4. The van der Waals surface area contributed by atoms with Gasteiger partial charge in [-0.2, -0.15) is 4.68 Å². The molecule has 1 aromatic carbocycles. The molecule has 1 saturated carbocycles. The molecule has 2 aromatic rings. The predicted molar refractivity (Wildman–Crippen MR) is 98.0 cm³/mol. The van der Waals surface area contributed by atoms with Gasteiger partial charge in [0, 0.05) is 26.1 Å². The van der Waals surface area contributed by atoms with Crippen molar-refractivity contribution in [1.82, 2.24) is 30.4 Å². The molecule has 1 N–H and O–H groups in total. The van der Waals surface area contributed by atoms with Crippen molar-refractivity contribution in [3.05, 3.63) is 35.7 Å². The molecule has 8 nitrogen and oxygen atoms in total. The van der Waals surface area contributed by atoms with E-state index in [2.05, 4.69) is 20.8 Å². The summed E-state index contributed by atoms with van der Waals surface area (Å²) in [4.78, 5) is 26.2. The zero-order valence-electron chi connectivity index (χ0n) is 15.6. The number of fused-ring (bicyclic) bond motifs is 1. The third-order valence-corrected chi connectivity index (χ3v) is 5.93. The molecular weight excluding hydrogens is 344 g/mol. The van der Waals surface area contributed by atoms with Gasteiger partial charge in [0.05, 0.1) is 12.1 Å². The zero-order chi connectivity index (χ0) is 19.0. The van der Waals surface area contributed by atoms with Crippen LogP contribution in [0.4, 0.5) is 0 Å². The van der Waals surface area contributed by atoms with Crippen molar-refractivity contribution in [3.63, 3.8) is 0 Å². The first-order valence-electron chi connectivity index (χ1n) is 9.38. The second-order valence-electron chi connectivity index (χ2n) is 7.64. The largest absolute Gasteiger partial charge is 0.356 e. The molecule has 0 spiro atoms. The number of benzene rings is 1. The highest BCUT2D eigenvalue weighted by atomic mass is 16.2. The van der Waals surface area contributed by atoms with Crippen LogP contribution in [0.5, 0.6) is 0 Å². The maximum absolute atomic E-state index is 12.7. The number of nitrogens with zero attached hydrogens (tertiary/aromatic N) is 5. The van der Waals surface area contributed by atoms with E-state index in [1.165, 1.54) is 0 Å². The summed E-state index contributed by atoms with van der Waals surface area (Å²) in [7, 11) is 1.89. The van der Waals surface area contributed by atoms with Crippen LogP contribution in [0.3, 0.4) is 0 Å². The molecule has 2 amide bonds. The smallest absolute Gasteiger partial charge is 0.226 e. The van der Waals surface area contributed by atoms with Crippen molar-refractivity contribution in [2.24, 2.45) is 11.8 Å². The van der Waals surface area contributed by atoms with Gasteiger partial charge in [-0.1, -0.05) is 12.1 Å². The van der Waals surface area contributed by atoms with Crippen LogP contribution in [0, 0.1) is 18.8 Å². The Morgan fingerprint density at radius 1 is 1.26 bits per heavy atom. The van der Waals surface area contributed by atoms with Gasteiger partial charge < -0.3 is 10.2 Å². The van der Waals surface area contributed by atoms with Gasteiger partial charge in [-0.3, -0.25) is 9.59 Å². The average molecular weight is 368 g/mol. The Labute approximate surface area is 157 Å². The lowest BCUT2D eigenvalue weighted by molar-refractivity contribution is -0.131. The first kappa shape index (κ1) is 17.6. The summed E-state index contributed by atoms with van der Waals surface area (Å²) in [5, 5.41) is 14.4. The molecule has 0 unspecified atom stereocenters. The molecule has 27 heavy (non-hydrogen) atoms. The van der Waals surface area contributed by atoms with Crippen LogP contribution in [0.15, 0.2) is 24.3 Å². The lowest BCUT2D eigenvalue weighted by atomic mass is 9.89. The van der Waals surface area contributed by atoms with Gasteiger partial charge in [0.2, 0.25) is 11.8 Å². The fraction of sp³-hybridized carbons (Fsp3) is 0.526. The molecule has 1 aliphatic heterocycles. The molecule has 142 valence electrons. The van der Waals surface area contributed by atoms with Gasteiger partial charge in [-0.05, 0) is 59.7 Å². The molecule has 8 heteroatoms. The molecule has 4 rings (SSSR count). The Balaban J connectivity index is 1.37. The number of carbonyl (C=O) groups excluding carboxylic acids is 2. The molecule has 2 aliphatic rings. The molecule has 1 aliphatic carbocycles. The number of nitrogens with one attached hydrogen (secondary N) is 1. The first-order chi connectivity index (χ1) is 13.0. The van der Waals surface area contributed by atoms with Gasteiger partial charge in [0.1, 0.15) is 0 Å². The fourth-order valence-electron chi connectivity index (χ4n) is 4.28. The third-order valence-electron chi connectivity index (χ3n) is 5.93. The molecule has 1 aromatic heterocycles. The van der Waals surface area contributed by atoms with Crippen molar-refractivity contribution in [2.75, 3.05) is 13.6 Å². The summed E-state index contributed by atoms with van der Waals surface area (Å²) in [6.45, 7) is 2.59. The number of aromatic nitrogens is 4. The summed E-state index contributed by atoms with van der Waals surface area (Å²) >= 11 is 0. The quantitative estimate of drug-likeness (QED) is 0.865. The van der Waals surface area contributed by atoms with Crippen LogP contribution in [-0.4, -0.2) is 56.6 Å². The number of aryl methyl sites for hydroxylation is 1. The Bertz CT molecular complexity index is 846. The van der Waals surface area contributed by atoms with E-state index in [0.29, 0.717) is 30.5 Å². The minimum Gasteiger partial charge on any atom is -0.356 e. The highest BCUT2D eigenvalue weighted by Gasteiger charge is 2.40. The number of amides is 2. The van der Waals surface area contributed by atoms with Crippen molar-refractivity contribution >= 4 is 11.8 Å².